The van der Waals surface area contributed by atoms with Crippen LogP contribution < -0.4 is 18.9 Å². The van der Waals surface area contributed by atoms with Gasteiger partial charge in [-0.2, -0.15) is 0 Å². The number of ether oxygens (including phenoxy) is 4. The van der Waals surface area contributed by atoms with Crippen LogP contribution in [0, 0.1) is 0 Å². The molecule has 0 bridgehead atoms. The Labute approximate surface area is 183 Å². The summed E-state index contributed by atoms with van der Waals surface area (Å²) in [7, 11) is 3.27. The summed E-state index contributed by atoms with van der Waals surface area (Å²) in [6.07, 6.45) is 2.56. The van der Waals surface area contributed by atoms with E-state index in [4.69, 9.17) is 23.9 Å². The Balaban J connectivity index is 1.87. The lowest BCUT2D eigenvalue weighted by Crippen LogP contribution is -2.11. The van der Waals surface area contributed by atoms with Crippen LogP contribution in [0.2, 0.25) is 0 Å². The molecule has 0 aliphatic heterocycles. The number of methoxy groups -OCH3 is 2. The van der Waals surface area contributed by atoms with Crippen molar-refractivity contribution in [1.82, 2.24) is 0 Å². The SMILES string of the molecule is CCc1cccc(OC(=Nc2ccc(OC)cc2)C(C)=COc2ccc(OC)cc2)c1. The molecule has 31 heavy (non-hydrogen) atoms. The molecule has 0 N–H and O–H groups in total. The van der Waals surface area contributed by atoms with Crippen molar-refractivity contribution in [2.24, 2.45) is 4.99 Å². The number of rotatable bonds is 8. The van der Waals surface area contributed by atoms with Crippen molar-refractivity contribution in [3.63, 3.8) is 0 Å². The van der Waals surface area contributed by atoms with Gasteiger partial charge in [0.15, 0.2) is 0 Å². The van der Waals surface area contributed by atoms with Crippen LogP contribution in [0.1, 0.15) is 19.4 Å². The lowest BCUT2D eigenvalue weighted by Gasteiger charge is -2.11. The van der Waals surface area contributed by atoms with Gasteiger partial charge in [-0.15, -0.1) is 0 Å². The Morgan fingerprint density at radius 1 is 0.806 bits per heavy atom. The molecule has 0 unspecified atom stereocenters. The zero-order valence-electron chi connectivity index (χ0n) is 18.3. The molecule has 0 radical (unpaired) electrons. The molecule has 0 saturated heterocycles. The standard InChI is InChI=1S/C26H27NO4/c1-5-20-7-6-8-25(17-20)31-26(27-21-9-11-22(28-3)12-10-21)19(2)18-30-24-15-13-23(29-4)14-16-24/h6-18H,5H2,1-4H3. The molecule has 0 aliphatic carbocycles. The van der Waals surface area contributed by atoms with E-state index < -0.39 is 0 Å². The summed E-state index contributed by atoms with van der Waals surface area (Å²) in [6.45, 7) is 4.01. The third-order valence-corrected chi connectivity index (χ3v) is 4.59. The first kappa shape index (κ1) is 22.0. The highest BCUT2D eigenvalue weighted by molar-refractivity contribution is 5.96. The lowest BCUT2D eigenvalue weighted by atomic mass is 10.2. The summed E-state index contributed by atoms with van der Waals surface area (Å²) < 4.78 is 22.4. The third-order valence-electron chi connectivity index (χ3n) is 4.59. The first-order valence-corrected chi connectivity index (χ1v) is 10.1. The fourth-order valence-electron chi connectivity index (χ4n) is 2.77. The van der Waals surface area contributed by atoms with Gasteiger partial charge in [-0.1, -0.05) is 19.1 Å². The van der Waals surface area contributed by atoms with Gasteiger partial charge in [0, 0.05) is 5.57 Å². The minimum absolute atomic E-state index is 0.451. The predicted molar refractivity (Wildman–Crippen MR) is 124 cm³/mol. The molecule has 0 atom stereocenters. The highest BCUT2D eigenvalue weighted by atomic mass is 16.5. The fourth-order valence-corrected chi connectivity index (χ4v) is 2.77. The average Bonchev–Trinajstić information content (AvgIpc) is 2.83. The predicted octanol–water partition coefficient (Wildman–Crippen LogP) is 6.36. The topological polar surface area (TPSA) is 49.3 Å². The number of hydrogen-bond donors (Lipinski definition) is 0. The second-order valence-corrected chi connectivity index (χ2v) is 6.81. The molecule has 0 aromatic heterocycles. The Bertz CT molecular complexity index is 1040. The second-order valence-electron chi connectivity index (χ2n) is 6.81. The van der Waals surface area contributed by atoms with Crippen LogP contribution in [0.5, 0.6) is 23.0 Å². The largest absolute Gasteiger partial charge is 0.497 e. The molecule has 0 aliphatic rings. The minimum atomic E-state index is 0.451. The summed E-state index contributed by atoms with van der Waals surface area (Å²) in [4.78, 5) is 4.69. The lowest BCUT2D eigenvalue weighted by molar-refractivity contribution is 0.412. The minimum Gasteiger partial charge on any atom is -0.497 e. The van der Waals surface area contributed by atoms with E-state index in [2.05, 4.69) is 13.0 Å². The van der Waals surface area contributed by atoms with Crippen molar-refractivity contribution in [2.45, 2.75) is 20.3 Å². The summed E-state index contributed by atoms with van der Waals surface area (Å²) >= 11 is 0. The number of aliphatic imine (C=N–C) groups is 1. The molecule has 5 nitrogen and oxygen atoms in total. The van der Waals surface area contributed by atoms with E-state index in [0.717, 1.165) is 34.9 Å². The molecule has 0 amide bonds. The van der Waals surface area contributed by atoms with Crippen LogP contribution in [0.15, 0.2) is 89.6 Å². The van der Waals surface area contributed by atoms with Gasteiger partial charge in [0.25, 0.3) is 0 Å². The molecule has 0 spiro atoms. The van der Waals surface area contributed by atoms with Crippen molar-refractivity contribution in [2.75, 3.05) is 14.2 Å². The maximum absolute atomic E-state index is 6.15. The van der Waals surface area contributed by atoms with Gasteiger partial charge in [-0.25, -0.2) is 4.99 Å². The molecular formula is C26H27NO4. The van der Waals surface area contributed by atoms with Crippen LogP contribution in [0.25, 0.3) is 0 Å². The van der Waals surface area contributed by atoms with Crippen LogP contribution >= 0.6 is 0 Å². The first-order valence-electron chi connectivity index (χ1n) is 10.1. The molecule has 5 heteroatoms. The van der Waals surface area contributed by atoms with Gasteiger partial charge in [0.1, 0.15) is 23.0 Å². The van der Waals surface area contributed by atoms with Crippen molar-refractivity contribution in [3.05, 3.63) is 90.2 Å². The Hall–Kier alpha value is -3.73. The molecule has 0 saturated carbocycles. The third kappa shape index (κ3) is 6.37. The van der Waals surface area contributed by atoms with Crippen LogP contribution in [-0.2, 0) is 6.42 Å². The van der Waals surface area contributed by atoms with E-state index in [0.29, 0.717) is 11.6 Å². The highest BCUT2D eigenvalue weighted by Crippen LogP contribution is 2.22. The van der Waals surface area contributed by atoms with Gasteiger partial charge in [0.05, 0.1) is 26.2 Å². The Morgan fingerprint density at radius 2 is 1.42 bits per heavy atom. The van der Waals surface area contributed by atoms with Gasteiger partial charge in [-0.05, 0) is 79.6 Å². The first-order chi connectivity index (χ1) is 15.1. The smallest absolute Gasteiger partial charge is 0.225 e. The van der Waals surface area contributed by atoms with E-state index in [-0.39, 0.29) is 0 Å². The Morgan fingerprint density at radius 3 is 2.03 bits per heavy atom. The van der Waals surface area contributed by atoms with Gasteiger partial charge in [-0.3, -0.25) is 0 Å². The maximum Gasteiger partial charge on any atom is 0.225 e. The average molecular weight is 418 g/mol. The highest BCUT2D eigenvalue weighted by Gasteiger charge is 2.09. The molecular weight excluding hydrogens is 390 g/mol. The monoisotopic (exact) mass is 417 g/mol. The second kappa shape index (κ2) is 10.9. The molecule has 0 heterocycles. The van der Waals surface area contributed by atoms with Crippen LogP contribution in [0.3, 0.4) is 0 Å². The zero-order valence-corrected chi connectivity index (χ0v) is 18.3. The molecule has 0 fully saturated rings. The van der Waals surface area contributed by atoms with Crippen LogP contribution in [-0.4, -0.2) is 20.1 Å². The summed E-state index contributed by atoms with van der Waals surface area (Å²) in [5.41, 5.74) is 2.69. The Kier molecular flexibility index (Phi) is 7.71. The number of benzene rings is 3. The van der Waals surface area contributed by atoms with E-state index in [1.54, 1.807) is 20.5 Å². The van der Waals surface area contributed by atoms with E-state index in [1.165, 1.54) is 5.56 Å². The molecule has 3 rings (SSSR count). The summed E-state index contributed by atoms with van der Waals surface area (Å²) in [6, 6.07) is 22.8. The van der Waals surface area contributed by atoms with Gasteiger partial charge >= 0.3 is 0 Å². The van der Waals surface area contributed by atoms with Crippen molar-refractivity contribution in [3.8, 4) is 23.0 Å². The normalized spacial score (nSPS) is 11.7. The number of nitrogens with zero attached hydrogens (tertiary/aromatic N) is 1. The quantitative estimate of drug-likeness (QED) is 0.243. The number of hydrogen-bond acceptors (Lipinski definition) is 5. The maximum atomic E-state index is 6.15. The molecule has 3 aromatic rings. The van der Waals surface area contributed by atoms with E-state index in [1.807, 2.05) is 73.7 Å². The van der Waals surface area contributed by atoms with Crippen LogP contribution in [0.4, 0.5) is 5.69 Å². The van der Waals surface area contributed by atoms with Crippen molar-refractivity contribution < 1.29 is 18.9 Å². The zero-order chi connectivity index (χ0) is 22.1. The molecule has 3 aromatic carbocycles. The van der Waals surface area contributed by atoms with E-state index >= 15 is 0 Å². The summed E-state index contributed by atoms with van der Waals surface area (Å²) in [5.74, 6) is 3.41. The molecule has 160 valence electrons. The van der Waals surface area contributed by atoms with Gasteiger partial charge < -0.3 is 18.9 Å². The van der Waals surface area contributed by atoms with E-state index in [9.17, 15) is 0 Å². The van der Waals surface area contributed by atoms with Crippen molar-refractivity contribution >= 4 is 11.6 Å². The van der Waals surface area contributed by atoms with Crippen molar-refractivity contribution in [1.29, 1.82) is 0 Å². The number of aryl methyl sites for hydroxylation is 1. The van der Waals surface area contributed by atoms with Gasteiger partial charge in [0.2, 0.25) is 5.90 Å². The fraction of sp³-hybridized carbons (Fsp3) is 0.192. The summed E-state index contributed by atoms with van der Waals surface area (Å²) in [5, 5.41) is 0.